The predicted molar refractivity (Wildman–Crippen MR) is 106 cm³/mol. The minimum absolute atomic E-state index is 0.00839. The summed E-state index contributed by atoms with van der Waals surface area (Å²) in [6.45, 7) is -0.573. The van der Waals surface area contributed by atoms with Crippen LogP contribution in [0.3, 0.4) is 0 Å². The molecular weight excluding hydrogens is 472 g/mol. The third kappa shape index (κ3) is 6.90. The van der Waals surface area contributed by atoms with Gasteiger partial charge in [0.25, 0.3) is 0 Å². The fraction of sp³-hybridized carbons (Fsp3) is 0.333. The first kappa shape index (κ1) is 24.5. The van der Waals surface area contributed by atoms with E-state index in [0.717, 1.165) is 23.0 Å². The smallest absolute Gasteiger partial charge is 0.422 e. The Morgan fingerprint density at radius 3 is 2.61 bits per heavy atom. The van der Waals surface area contributed by atoms with Crippen LogP contribution >= 0.6 is 0 Å². The van der Waals surface area contributed by atoms with Crippen molar-refractivity contribution in [1.82, 2.24) is 25.2 Å². The van der Waals surface area contributed by atoms with Gasteiger partial charge in [0.2, 0.25) is 15.8 Å². The molecule has 33 heavy (non-hydrogen) atoms. The molecule has 3 rings (SSSR count). The van der Waals surface area contributed by atoms with Crippen molar-refractivity contribution in [3.8, 4) is 17.3 Å². The maximum Gasteiger partial charge on any atom is 0.422 e. The van der Waals surface area contributed by atoms with Crippen LogP contribution in [0.15, 0.2) is 36.4 Å². The lowest BCUT2D eigenvalue weighted by Gasteiger charge is -2.21. The predicted octanol–water partition coefficient (Wildman–Crippen LogP) is 1.36. The molecule has 0 spiro atoms. The van der Waals surface area contributed by atoms with E-state index in [2.05, 4.69) is 25.1 Å². The van der Waals surface area contributed by atoms with Crippen LogP contribution < -0.4 is 9.88 Å². The van der Waals surface area contributed by atoms with E-state index in [1.165, 1.54) is 25.1 Å². The number of pyridine rings is 1. The summed E-state index contributed by atoms with van der Waals surface area (Å²) in [6.07, 6.45) is -4.54. The lowest BCUT2D eigenvalue weighted by Crippen LogP contribution is -2.35. The summed E-state index contributed by atoms with van der Waals surface area (Å²) in [4.78, 5) is 5.13. The minimum Gasteiger partial charge on any atom is -0.484 e. The number of ether oxygens (including phenoxy) is 1. The molecule has 3 N–H and O–H groups in total. The quantitative estimate of drug-likeness (QED) is 0.450. The normalized spacial score (nSPS) is 14.2. The second-order valence-electron chi connectivity index (χ2n) is 7.29. The number of aromatic nitrogens is 5. The van der Waals surface area contributed by atoms with Gasteiger partial charge in [0, 0.05) is 5.56 Å². The summed E-state index contributed by atoms with van der Waals surface area (Å²) < 4.78 is 78.4. The van der Waals surface area contributed by atoms with Gasteiger partial charge in [-0.1, -0.05) is 6.07 Å². The number of sulfonamides is 1. The summed E-state index contributed by atoms with van der Waals surface area (Å²) in [5.41, 5.74) is -1.81. The van der Waals surface area contributed by atoms with Crippen LogP contribution in [0.25, 0.3) is 11.5 Å². The first-order valence-corrected chi connectivity index (χ1v) is 10.9. The van der Waals surface area contributed by atoms with Crippen LogP contribution in [0.1, 0.15) is 18.2 Å². The molecule has 0 amide bonds. The Morgan fingerprint density at radius 2 is 1.94 bits per heavy atom. The van der Waals surface area contributed by atoms with Gasteiger partial charge >= 0.3 is 6.18 Å². The zero-order valence-corrected chi connectivity index (χ0v) is 17.8. The van der Waals surface area contributed by atoms with Gasteiger partial charge in [-0.05, 0) is 42.5 Å². The number of alkyl halides is 3. The van der Waals surface area contributed by atoms with E-state index in [0.29, 0.717) is 0 Å². The highest BCUT2D eigenvalue weighted by Gasteiger charge is 2.31. The average molecular weight is 490 g/mol. The van der Waals surface area contributed by atoms with Crippen LogP contribution in [-0.4, -0.2) is 57.3 Å². The topological polar surface area (TPSA) is 146 Å². The lowest BCUT2D eigenvalue weighted by atomic mass is 10.0. The zero-order valence-electron chi connectivity index (χ0n) is 17.0. The van der Waals surface area contributed by atoms with Gasteiger partial charge in [-0.15, -0.1) is 10.2 Å². The molecule has 0 saturated heterocycles. The molecule has 10 nitrogen and oxygen atoms in total. The fourth-order valence-corrected chi connectivity index (χ4v) is 3.75. The number of primary sulfonamides is 1. The Kier molecular flexibility index (Phi) is 6.67. The van der Waals surface area contributed by atoms with E-state index in [9.17, 15) is 31.1 Å². The number of nitrogens with zero attached hydrogens (tertiary/aromatic N) is 5. The molecule has 0 fully saturated rings. The number of rotatable bonds is 8. The molecule has 3 aromatic rings. The van der Waals surface area contributed by atoms with Gasteiger partial charge in [-0.25, -0.2) is 22.9 Å². The summed E-state index contributed by atoms with van der Waals surface area (Å²) in [5.74, 6) is -1.70. The van der Waals surface area contributed by atoms with Gasteiger partial charge in [-0.3, -0.25) is 0 Å². The average Bonchev–Trinajstić information content (AvgIpc) is 3.15. The first-order valence-electron chi connectivity index (χ1n) is 9.18. The zero-order chi connectivity index (χ0) is 24.4. The van der Waals surface area contributed by atoms with Crippen molar-refractivity contribution in [3.63, 3.8) is 0 Å². The molecule has 15 heteroatoms. The van der Waals surface area contributed by atoms with E-state index < -0.39 is 40.0 Å². The molecule has 0 bridgehead atoms. The summed E-state index contributed by atoms with van der Waals surface area (Å²) in [5, 5.41) is 27.0. The number of tetrazole rings is 1. The molecule has 1 atom stereocenters. The van der Waals surface area contributed by atoms with Crippen molar-refractivity contribution in [2.45, 2.75) is 25.2 Å². The summed E-state index contributed by atoms with van der Waals surface area (Å²) in [7, 11) is -4.00. The maximum atomic E-state index is 14.1. The minimum atomic E-state index is -4.54. The largest absolute Gasteiger partial charge is 0.484 e. The van der Waals surface area contributed by atoms with Crippen molar-refractivity contribution >= 4 is 10.0 Å². The molecule has 0 aliphatic carbocycles. The molecular formula is C18H18F4N6O4S. The Labute approximate surface area is 185 Å². The fourth-order valence-electron chi connectivity index (χ4n) is 2.82. The van der Waals surface area contributed by atoms with Crippen LogP contribution in [0, 0.1) is 5.82 Å². The standard InChI is InChI=1S/C18H18F4N6O4S/c1-17(29,10-33(23,30)31)15-4-2-3-14(24-15)16-25-27-28(26-16)8-11-7-12(5-6-13(11)19)32-9-18(20,21)22/h2-7,29H,8-10H2,1H3,(H2,23,30,31)/t17-/m0/s1. The second-order valence-corrected chi connectivity index (χ2v) is 8.90. The van der Waals surface area contributed by atoms with Crippen molar-refractivity contribution in [2.75, 3.05) is 12.4 Å². The number of benzene rings is 1. The molecule has 0 radical (unpaired) electrons. The second kappa shape index (κ2) is 8.99. The van der Waals surface area contributed by atoms with Crippen molar-refractivity contribution in [1.29, 1.82) is 0 Å². The summed E-state index contributed by atoms with van der Waals surface area (Å²) in [6, 6.07) is 7.46. The number of hydrogen-bond acceptors (Lipinski definition) is 8. The van der Waals surface area contributed by atoms with E-state index in [1.54, 1.807) is 0 Å². The van der Waals surface area contributed by atoms with Gasteiger partial charge in [-0.2, -0.15) is 18.0 Å². The van der Waals surface area contributed by atoms with Gasteiger partial charge in [0.15, 0.2) is 6.61 Å². The molecule has 0 saturated carbocycles. The molecule has 0 aliphatic heterocycles. The number of hydrogen-bond donors (Lipinski definition) is 2. The number of aliphatic hydroxyl groups is 1. The Morgan fingerprint density at radius 1 is 1.21 bits per heavy atom. The first-order chi connectivity index (χ1) is 15.2. The van der Waals surface area contributed by atoms with Crippen LogP contribution in [0.2, 0.25) is 0 Å². The van der Waals surface area contributed by atoms with Gasteiger partial charge < -0.3 is 9.84 Å². The van der Waals surface area contributed by atoms with Crippen molar-refractivity contribution < 1.29 is 35.8 Å². The Balaban J connectivity index is 1.80. The molecule has 2 heterocycles. The summed E-state index contributed by atoms with van der Waals surface area (Å²) >= 11 is 0. The lowest BCUT2D eigenvalue weighted by molar-refractivity contribution is -0.153. The van der Waals surface area contributed by atoms with Gasteiger partial charge in [0.05, 0.1) is 18.0 Å². The third-order valence-electron chi connectivity index (χ3n) is 4.20. The molecule has 1 aromatic carbocycles. The monoisotopic (exact) mass is 490 g/mol. The maximum absolute atomic E-state index is 14.1. The van der Waals surface area contributed by atoms with Crippen LogP contribution in [0.4, 0.5) is 17.6 Å². The van der Waals surface area contributed by atoms with E-state index in [4.69, 9.17) is 5.14 Å². The highest BCUT2D eigenvalue weighted by atomic mass is 32.2. The molecule has 0 aliphatic rings. The van der Waals surface area contributed by atoms with E-state index in [1.807, 2.05) is 0 Å². The highest BCUT2D eigenvalue weighted by Crippen LogP contribution is 2.24. The molecule has 0 unspecified atom stereocenters. The highest BCUT2D eigenvalue weighted by molar-refractivity contribution is 7.89. The van der Waals surface area contributed by atoms with E-state index >= 15 is 0 Å². The van der Waals surface area contributed by atoms with Crippen molar-refractivity contribution in [2.24, 2.45) is 5.14 Å². The SMILES string of the molecule is C[C@](O)(CS(N)(=O)=O)c1cccc(-c2nnn(Cc3cc(OCC(F)(F)F)ccc3F)n2)n1. The number of nitrogens with two attached hydrogens (primary N) is 1. The number of halogens is 4. The van der Waals surface area contributed by atoms with Crippen LogP contribution in [0.5, 0.6) is 5.75 Å². The Hall–Kier alpha value is -3.17. The van der Waals surface area contributed by atoms with Crippen molar-refractivity contribution in [3.05, 3.63) is 53.5 Å². The van der Waals surface area contributed by atoms with E-state index in [-0.39, 0.29) is 35.1 Å². The Bertz CT molecular complexity index is 1250. The molecule has 2 aromatic heterocycles. The third-order valence-corrected chi connectivity index (χ3v) is 5.16. The van der Waals surface area contributed by atoms with Gasteiger partial charge in [0.1, 0.15) is 22.9 Å². The van der Waals surface area contributed by atoms with Crippen LogP contribution in [-0.2, 0) is 22.2 Å². The molecule has 178 valence electrons.